The number of aliphatic hydroxyl groups excluding tert-OH is 2. The summed E-state index contributed by atoms with van der Waals surface area (Å²) in [5.41, 5.74) is 1.07. The summed E-state index contributed by atoms with van der Waals surface area (Å²) in [7, 11) is -1.38. The van der Waals surface area contributed by atoms with Crippen molar-refractivity contribution in [1.82, 2.24) is 0 Å². The molecule has 2 nitrogen and oxygen atoms in total. The highest BCUT2D eigenvalue weighted by Gasteiger charge is 2.54. The van der Waals surface area contributed by atoms with Crippen LogP contribution in [0.15, 0.2) is 0 Å². The Morgan fingerprint density at radius 2 is 1.50 bits per heavy atom. The molecule has 3 heteroatoms. The molecule has 2 unspecified atom stereocenters. The van der Waals surface area contributed by atoms with E-state index in [2.05, 4.69) is 27.7 Å². The Morgan fingerprint density at radius 1 is 1.00 bits per heavy atom. The Bertz CT molecular complexity index is 184. The van der Waals surface area contributed by atoms with Gasteiger partial charge < -0.3 is 10.2 Å². The third kappa shape index (κ3) is 1.98. The van der Waals surface area contributed by atoms with Gasteiger partial charge in [0.15, 0.2) is 5.85 Å². The summed E-state index contributed by atoms with van der Waals surface area (Å²) in [6.45, 7) is 8.81. The molecule has 0 bridgehead atoms. The van der Waals surface area contributed by atoms with Crippen molar-refractivity contribution in [1.29, 1.82) is 0 Å². The molecule has 1 heterocycles. The smallest absolute Gasteiger partial charge is 0.164 e. The van der Waals surface area contributed by atoms with Gasteiger partial charge >= 0.3 is 0 Å². The zero-order chi connectivity index (χ0) is 10.9. The summed E-state index contributed by atoms with van der Waals surface area (Å²) in [5.74, 6) is -0.133. The lowest BCUT2D eigenvalue weighted by molar-refractivity contribution is 0.141. The van der Waals surface area contributed by atoms with Crippen LogP contribution in [-0.4, -0.2) is 39.6 Å². The van der Waals surface area contributed by atoms with Gasteiger partial charge in [0.05, 0.1) is 30.8 Å². The van der Waals surface area contributed by atoms with Crippen molar-refractivity contribution in [2.24, 2.45) is 0 Å². The zero-order valence-corrected chi connectivity index (χ0v) is 10.7. The van der Waals surface area contributed by atoms with E-state index in [-0.39, 0.29) is 11.9 Å². The molecule has 2 atom stereocenters. The predicted octanol–water partition coefficient (Wildman–Crippen LogP) is 2.29. The Hall–Kier alpha value is 0.350. The van der Waals surface area contributed by atoms with E-state index in [1.165, 1.54) is 0 Å². The monoisotopic (exact) mass is 219 g/mol. The molecule has 2 N–H and O–H groups in total. The van der Waals surface area contributed by atoms with Crippen LogP contribution in [0.4, 0.5) is 0 Å². The van der Waals surface area contributed by atoms with Crippen LogP contribution < -0.4 is 0 Å². The van der Waals surface area contributed by atoms with E-state index in [0.717, 1.165) is 19.0 Å². The third-order valence-corrected chi connectivity index (χ3v) is 10.0. The van der Waals surface area contributed by atoms with Crippen LogP contribution in [0, 0.1) is 0 Å². The van der Waals surface area contributed by atoms with Gasteiger partial charge in [0.25, 0.3) is 0 Å². The Kier molecular flexibility index (Phi) is 3.96. The lowest BCUT2D eigenvalue weighted by atomic mass is 10.2. The summed E-state index contributed by atoms with van der Waals surface area (Å²) in [4.78, 5) is 0. The first kappa shape index (κ1) is 12.4. The standard InChI is InChI=1S/C11H24O2P/c1-8(2)14(9(3)4)7-10(12)5-6-11(14)13/h8-13H,5-7H2,1-4H3/q+1. The second-order valence-corrected chi connectivity index (χ2v) is 10.1. The number of rotatable bonds is 2. The molecule has 0 spiro atoms. The van der Waals surface area contributed by atoms with E-state index in [1.807, 2.05) is 0 Å². The van der Waals surface area contributed by atoms with Crippen molar-refractivity contribution in [3.8, 4) is 0 Å². The highest BCUT2D eigenvalue weighted by molar-refractivity contribution is 7.77. The van der Waals surface area contributed by atoms with Crippen LogP contribution in [0.5, 0.6) is 0 Å². The van der Waals surface area contributed by atoms with Crippen LogP contribution in [0.25, 0.3) is 0 Å². The molecule has 1 saturated heterocycles. The fourth-order valence-electron chi connectivity index (χ4n) is 2.87. The third-order valence-electron chi connectivity index (χ3n) is 3.76. The molecular formula is C11H24O2P+. The van der Waals surface area contributed by atoms with Crippen LogP contribution in [-0.2, 0) is 0 Å². The summed E-state index contributed by atoms with van der Waals surface area (Å²) < 4.78 is 0. The molecule has 0 radical (unpaired) electrons. The molecule has 1 aliphatic rings. The van der Waals surface area contributed by atoms with Gasteiger partial charge in [-0.15, -0.1) is 0 Å². The van der Waals surface area contributed by atoms with E-state index in [0.29, 0.717) is 11.3 Å². The average Bonchev–Trinajstić information content (AvgIpc) is 2.08. The molecule has 0 aromatic carbocycles. The highest BCUT2D eigenvalue weighted by Crippen LogP contribution is 2.72. The quantitative estimate of drug-likeness (QED) is 0.700. The first-order chi connectivity index (χ1) is 6.41. The number of hydrogen-bond acceptors (Lipinski definition) is 2. The molecule has 0 amide bonds. The summed E-state index contributed by atoms with van der Waals surface area (Å²) in [6, 6.07) is 0. The second-order valence-electron chi connectivity index (χ2n) is 5.08. The fourth-order valence-corrected chi connectivity index (χ4v) is 8.06. The van der Waals surface area contributed by atoms with Gasteiger partial charge in [0.2, 0.25) is 0 Å². The van der Waals surface area contributed by atoms with Crippen LogP contribution in [0.1, 0.15) is 40.5 Å². The van der Waals surface area contributed by atoms with Gasteiger partial charge in [-0.25, -0.2) is 0 Å². The maximum absolute atomic E-state index is 10.2. The summed E-state index contributed by atoms with van der Waals surface area (Å²) in [6.07, 6.45) is 2.27. The Balaban J connectivity index is 2.92. The molecule has 14 heavy (non-hydrogen) atoms. The van der Waals surface area contributed by atoms with E-state index >= 15 is 0 Å². The SMILES string of the molecule is CC(C)[P+]1(C(C)C)CC(O)CCC1O. The molecule has 0 aliphatic carbocycles. The molecule has 84 valence electrons. The fraction of sp³-hybridized carbons (Fsp3) is 1.00. The van der Waals surface area contributed by atoms with Crippen molar-refractivity contribution >= 4 is 7.26 Å². The molecule has 0 saturated carbocycles. The number of aliphatic hydroxyl groups is 2. The van der Waals surface area contributed by atoms with E-state index in [9.17, 15) is 10.2 Å². The summed E-state index contributed by atoms with van der Waals surface area (Å²) >= 11 is 0. The van der Waals surface area contributed by atoms with Gasteiger partial charge in [-0.2, -0.15) is 0 Å². The molecule has 0 aromatic heterocycles. The maximum Gasteiger partial charge on any atom is 0.164 e. The maximum atomic E-state index is 10.2. The van der Waals surface area contributed by atoms with Gasteiger partial charge in [-0.1, -0.05) is 0 Å². The van der Waals surface area contributed by atoms with Gasteiger partial charge in [0, 0.05) is 6.42 Å². The molecular weight excluding hydrogens is 195 g/mol. The normalized spacial score (nSPS) is 32.6. The predicted molar refractivity (Wildman–Crippen MR) is 63.3 cm³/mol. The lowest BCUT2D eigenvalue weighted by Gasteiger charge is -2.42. The minimum absolute atomic E-state index is 0.133. The van der Waals surface area contributed by atoms with Crippen molar-refractivity contribution < 1.29 is 10.2 Å². The highest BCUT2D eigenvalue weighted by atomic mass is 31.2. The van der Waals surface area contributed by atoms with Crippen LogP contribution in [0.3, 0.4) is 0 Å². The van der Waals surface area contributed by atoms with Gasteiger partial charge in [-0.05, 0) is 34.1 Å². The minimum Gasteiger partial charge on any atom is -0.389 e. The largest absolute Gasteiger partial charge is 0.389 e. The van der Waals surface area contributed by atoms with Gasteiger partial charge in [0.1, 0.15) is 0 Å². The number of hydrogen-bond donors (Lipinski definition) is 2. The minimum atomic E-state index is -1.38. The van der Waals surface area contributed by atoms with Crippen LogP contribution >= 0.6 is 7.26 Å². The van der Waals surface area contributed by atoms with E-state index in [1.54, 1.807) is 0 Å². The molecule has 1 fully saturated rings. The van der Waals surface area contributed by atoms with Crippen molar-refractivity contribution in [3.63, 3.8) is 0 Å². The second kappa shape index (κ2) is 4.47. The van der Waals surface area contributed by atoms with Crippen molar-refractivity contribution in [2.45, 2.75) is 63.8 Å². The topological polar surface area (TPSA) is 40.5 Å². The van der Waals surface area contributed by atoms with Crippen LogP contribution in [0.2, 0.25) is 0 Å². The van der Waals surface area contributed by atoms with Crippen molar-refractivity contribution in [2.75, 3.05) is 6.16 Å². The molecule has 0 aromatic rings. The Labute approximate surface area is 88.1 Å². The molecule has 1 rings (SSSR count). The van der Waals surface area contributed by atoms with E-state index in [4.69, 9.17) is 0 Å². The average molecular weight is 219 g/mol. The zero-order valence-electron chi connectivity index (χ0n) is 9.77. The van der Waals surface area contributed by atoms with E-state index < -0.39 is 7.26 Å². The molecule has 1 aliphatic heterocycles. The Morgan fingerprint density at radius 3 is 1.86 bits per heavy atom. The van der Waals surface area contributed by atoms with Gasteiger partial charge in [-0.3, -0.25) is 0 Å². The first-order valence-electron chi connectivity index (χ1n) is 5.64. The first-order valence-corrected chi connectivity index (χ1v) is 7.82. The lowest BCUT2D eigenvalue weighted by Crippen LogP contribution is -2.38. The van der Waals surface area contributed by atoms with Crippen molar-refractivity contribution in [3.05, 3.63) is 0 Å². The summed E-state index contributed by atoms with van der Waals surface area (Å²) in [5, 5.41) is 20.0.